The van der Waals surface area contributed by atoms with Crippen LogP contribution in [0.4, 0.5) is 0 Å². The van der Waals surface area contributed by atoms with Crippen molar-refractivity contribution in [1.29, 1.82) is 0 Å². The third kappa shape index (κ3) is 4.32. The number of hydrogen-bond acceptors (Lipinski definition) is 4. The van der Waals surface area contributed by atoms with Crippen molar-refractivity contribution in [2.75, 3.05) is 0 Å². The lowest BCUT2D eigenvalue weighted by molar-refractivity contribution is 0.0716. The van der Waals surface area contributed by atoms with Crippen LogP contribution in [0.15, 0.2) is 71.8 Å². The van der Waals surface area contributed by atoms with E-state index in [1.807, 2.05) is 47.0 Å². The summed E-state index contributed by atoms with van der Waals surface area (Å²) in [5.41, 5.74) is 3.60. The van der Waals surface area contributed by atoms with Crippen LogP contribution in [0, 0.1) is 0 Å². The Labute approximate surface area is 191 Å². The number of fused-ring (bicyclic) bond motifs is 1. The zero-order valence-corrected chi connectivity index (χ0v) is 18.2. The zero-order valence-electron chi connectivity index (χ0n) is 18.2. The van der Waals surface area contributed by atoms with E-state index in [1.165, 1.54) is 0 Å². The molecule has 0 bridgehead atoms. The highest BCUT2D eigenvalue weighted by molar-refractivity contribution is 5.97. The van der Waals surface area contributed by atoms with E-state index < -0.39 is 12.0 Å². The van der Waals surface area contributed by atoms with Crippen LogP contribution in [-0.4, -0.2) is 37.9 Å². The molecule has 0 radical (unpaired) electrons. The number of aliphatic hydroxyl groups is 1. The van der Waals surface area contributed by atoms with Crippen molar-refractivity contribution >= 4 is 16.8 Å². The Morgan fingerprint density at radius 3 is 2.64 bits per heavy atom. The summed E-state index contributed by atoms with van der Waals surface area (Å²) in [6, 6.07) is 17.0. The number of hydrogen-bond donors (Lipinski definition) is 3. The first-order valence-electron chi connectivity index (χ1n) is 11.3. The van der Waals surface area contributed by atoms with Gasteiger partial charge in [0, 0.05) is 24.3 Å². The van der Waals surface area contributed by atoms with Crippen molar-refractivity contribution in [3.63, 3.8) is 0 Å². The molecule has 0 unspecified atom stereocenters. The summed E-state index contributed by atoms with van der Waals surface area (Å²) >= 11 is 0. The highest BCUT2D eigenvalue weighted by Gasteiger charge is 2.26. The maximum absolute atomic E-state index is 13.1. The molecular weight excluding hydrogens is 416 g/mol. The van der Waals surface area contributed by atoms with Gasteiger partial charge >= 0.3 is 0 Å². The van der Waals surface area contributed by atoms with Gasteiger partial charge in [0.15, 0.2) is 0 Å². The molecular formula is C26H26N4O3. The zero-order chi connectivity index (χ0) is 22.8. The summed E-state index contributed by atoms with van der Waals surface area (Å²) in [4.78, 5) is 26.2. The van der Waals surface area contributed by atoms with Gasteiger partial charge in [-0.1, -0.05) is 49.2 Å². The minimum atomic E-state index is -0.571. The molecule has 0 spiro atoms. The minimum absolute atomic E-state index is 0.0977. The van der Waals surface area contributed by atoms with Crippen molar-refractivity contribution in [2.45, 2.75) is 44.4 Å². The molecule has 2 aromatic carbocycles. The quantitative estimate of drug-likeness (QED) is 0.441. The van der Waals surface area contributed by atoms with Gasteiger partial charge in [0.1, 0.15) is 5.56 Å². The molecule has 2 heterocycles. The van der Waals surface area contributed by atoms with Crippen LogP contribution in [-0.2, 0) is 6.54 Å². The third-order valence-corrected chi connectivity index (χ3v) is 6.40. The van der Waals surface area contributed by atoms with E-state index in [-0.39, 0.29) is 17.0 Å². The monoisotopic (exact) mass is 442 g/mol. The second-order valence-corrected chi connectivity index (χ2v) is 8.62. The molecule has 7 nitrogen and oxygen atoms in total. The van der Waals surface area contributed by atoms with Gasteiger partial charge in [-0.25, -0.2) is 0 Å². The molecule has 1 aliphatic carbocycles. The van der Waals surface area contributed by atoms with Crippen molar-refractivity contribution in [1.82, 2.24) is 20.1 Å². The topological polar surface area (TPSA) is 100 Å². The highest BCUT2D eigenvalue weighted by Crippen LogP contribution is 2.21. The summed E-state index contributed by atoms with van der Waals surface area (Å²) < 4.78 is 1.94. The first-order chi connectivity index (χ1) is 16.1. The van der Waals surface area contributed by atoms with E-state index in [2.05, 4.69) is 15.5 Å². The smallest absolute Gasteiger partial charge is 0.257 e. The number of carbonyl (C=O) groups is 1. The molecule has 2 atom stereocenters. The summed E-state index contributed by atoms with van der Waals surface area (Å²) in [5.74, 6) is -0.431. The van der Waals surface area contributed by atoms with E-state index in [0.29, 0.717) is 18.4 Å². The number of nitrogens with zero attached hydrogens (tertiary/aromatic N) is 2. The van der Waals surface area contributed by atoms with E-state index in [0.717, 1.165) is 41.6 Å². The second-order valence-electron chi connectivity index (χ2n) is 8.62. The molecule has 1 aliphatic rings. The largest absolute Gasteiger partial charge is 0.391 e. The molecule has 1 fully saturated rings. The number of rotatable bonds is 5. The fourth-order valence-corrected chi connectivity index (χ4v) is 4.57. The Morgan fingerprint density at radius 1 is 1.09 bits per heavy atom. The van der Waals surface area contributed by atoms with E-state index in [4.69, 9.17) is 0 Å². The Kier molecular flexibility index (Phi) is 5.79. The minimum Gasteiger partial charge on any atom is -0.391 e. The second kappa shape index (κ2) is 9.03. The molecule has 168 valence electrons. The Balaban J connectivity index is 1.47. The Morgan fingerprint density at radius 2 is 1.88 bits per heavy atom. The standard InChI is InChI=1S/C26H26N4O3/c31-24-8-4-2-6-22(24)28-26(33)20-16-30(23-7-3-1-5-19(23)25(20)32)15-17-9-11-18(12-10-17)21-13-14-27-29-21/h1,3,5,7,9-14,16,22,24,31H,2,4,6,8,15H2,(H,27,29)(H,28,33)/t22-,24-/m0/s1. The van der Waals surface area contributed by atoms with Gasteiger partial charge in [-0.15, -0.1) is 0 Å². The number of H-pyrrole nitrogens is 1. The van der Waals surface area contributed by atoms with Crippen LogP contribution >= 0.6 is 0 Å². The predicted octanol–water partition coefficient (Wildman–Crippen LogP) is 3.47. The molecule has 1 saturated carbocycles. The number of para-hydroxylation sites is 1. The SMILES string of the molecule is O=C(N[C@H]1CCCC[C@@H]1O)c1cn(Cc2ccc(-c3ccn[nH]3)cc2)c2ccccc2c1=O. The number of benzene rings is 2. The maximum Gasteiger partial charge on any atom is 0.257 e. The lowest BCUT2D eigenvalue weighted by Crippen LogP contribution is -2.46. The fraction of sp³-hybridized carbons (Fsp3) is 0.269. The summed E-state index contributed by atoms with van der Waals surface area (Å²) in [7, 11) is 0. The van der Waals surface area contributed by atoms with Crippen LogP contribution in [0.3, 0.4) is 0 Å². The van der Waals surface area contributed by atoms with Crippen molar-refractivity contribution in [2.24, 2.45) is 0 Å². The van der Waals surface area contributed by atoms with Crippen molar-refractivity contribution in [3.8, 4) is 11.3 Å². The summed E-state index contributed by atoms with van der Waals surface area (Å²) in [6.07, 6.45) is 6.08. The van der Waals surface area contributed by atoms with Crippen LogP contribution in [0.1, 0.15) is 41.6 Å². The van der Waals surface area contributed by atoms with E-state index in [1.54, 1.807) is 24.5 Å². The maximum atomic E-state index is 13.1. The number of amides is 1. The number of nitrogens with one attached hydrogen (secondary N) is 2. The van der Waals surface area contributed by atoms with Crippen LogP contribution in [0.2, 0.25) is 0 Å². The highest BCUT2D eigenvalue weighted by atomic mass is 16.3. The number of carbonyl (C=O) groups excluding carboxylic acids is 1. The van der Waals surface area contributed by atoms with Crippen molar-refractivity contribution < 1.29 is 9.90 Å². The van der Waals surface area contributed by atoms with E-state index in [9.17, 15) is 14.7 Å². The van der Waals surface area contributed by atoms with Gasteiger partial charge in [-0.2, -0.15) is 5.10 Å². The van der Waals surface area contributed by atoms with Crippen LogP contribution in [0.5, 0.6) is 0 Å². The molecule has 33 heavy (non-hydrogen) atoms. The van der Waals surface area contributed by atoms with Crippen LogP contribution in [0.25, 0.3) is 22.2 Å². The lowest BCUT2D eigenvalue weighted by Gasteiger charge is -2.28. The fourth-order valence-electron chi connectivity index (χ4n) is 4.57. The molecule has 1 amide bonds. The molecule has 0 aliphatic heterocycles. The Bertz CT molecular complexity index is 1330. The van der Waals surface area contributed by atoms with Gasteiger partial charge in [-0.3, -0.25) is 14.7 Å². The van der Waals surface area contributed by atoms with Gasteiger partial charge in [0.05, 0.1) is 23.4 Å². The Hall–Kier alpha value is -3.71. The number of aromatic amines is 1. The molecule has 4 aromatic rings. The molecule has 5 rings (SSSR count). The van der Waals surface area contributed by atoms with Gasteiger partial charge < -0.3 is 15.0 Å². The van der Waals surface area contributed by atoms with Crippen LogP contribution < -0.4 is 10.7 Å². The predicted molar refractivity (Wildman–Crippen MR) is 127 cm³/mol. The van der Waals surface area contributed by atoms with Crippen molar-refractivity contribution in [3.05, 3.63) is 88.3 Å². The number of aliphatic hydroxyl groups excluding tert-OH is 1. The lowest BCUT2D eigenvalue weighted by atomic mass is 9.92. The summed E-state index contributed by atoms with van der Waals surface area (Å²) in [5, 5.41) is 20.6. The van der Waals surface area contributed by atoms with Gasteiger partial charge in [0.2, 0.25) is 5.43 Å². The molecule has 3 N–H and O–H groups in total. The number of aromatic nitrogens is 3. The third-order valence-electron chi connectivity index (χ3n) is 6.40. The van der Waals surface area contributed by atoms with Gasteiger partial charge in [-0.05, 0) is 42.2 Å². The molecule has 0 saturated heterocycles. The molecule has 2 aromatic heterocycles. The first kappa shape index (κ1) is 21.2. The average Bonchev–Trinajstić information content (AvgIpc) is 3.38. The summed E-state index contributed by atoms with van der Waals surface area (Å²) in [6.45, 7) is 0.510. The first-order valence-corrected chi connectivity index (χ1v) is 11.3. The molecule has 7 heteroatoms. The normalized spacial score (nSPS) is 18.3. The van der Waals surface area contributed by atoms with E-state index >= 15 is 0 Å². The van der Waals surface area contributed by atoms with Gasteiger partial charge in [0.25, 0.3) is 5.91 Å². The average molecular weight is 443 g/mol. The number of pyridine rings is 1.